The van der Waals surface area contributed by atoms with Gasteiger partial charge < -0.3 is 9.72 Å². The zero-order valence-corrected chi connectivity index (χ0v) is 11.0. The summed E-state index contributed by atoms with van der Waals surface area (Å²) in [5.74, 6) is 0.101. The van der Waals surface area contributed by atoms with Crippen LogP contribution in [0.4, 0.5) is 5.82 Å². The molecule has 0 aliphatic heterocycles. The number of hydrogen-bond acceptors (Lipinski definition) is 5. The second-order valence-electron chi connectivity index (χ2n) is 4.37. The van der Waals surface area contributed by atoms with E-state index in [1.54, 1.807) is 6.20 Å². The van der Waals surface area contributed by atoms with Crippen molar-refractivity contribution in [2.45, 2.75) is 13.8 Å². The Kier molecular flexibility index (Phi) is 2.86. The zero-order chi connectivity index (χ0) is 14.1. The summed E-state index contributed by atoms with van der Waals surface area (Å²) < 4.78 is 1.84. The van der Waals surface area contributed by atoms with Crippen LogP contribution < -0.4 is 5.32 Å². The second-order valence-corrected chi connectivity index (χ2v) is 4.37. The molecular formula is C13H12N6O. The second kappa shape index (κ2) is 4.69. The van der Waals surface area contributed by atoms with Gasteiger partial charge in [0.1, 0.15) is 11.5 Å². The minimum absolute atomic E-state index is 0.244. The number of carbonyl (C=O) groups excluding carboxylic acids is 1. The number of nitrogens with one attached hydrogen (secondary N) is 1. The Hall–Kier alpha value is -2.83. The lowest BCUT2D eigenvalue weighted by Gasteiger charge is -2.05. The van der Waals surface area contributed by atoms with E-state index in [2.05, 4.69) is 25.3 Å². The van der Waals surface area contributed by atoms with Crippen LogP contribution in [0, 0.1) is 13.8 Å². The van der Waals surface area contributed by atoms with Crippen LogP contribution in [0.1, 0.15) is 21.9 Å². The summed E-state index contributed by atoms with van der Waals surface area (Å²) in [5, 5.41) is 2.70. The molecule has 3 rings (SSSR count). The molecule has 0 fully saturated rings. The van der Waals surface area contributed by atoms with Crippen molar-refractivity contribution in [2.24, 2.45) is 0 Å². The minimum Gasteiger partial charge on any atom is -0.304 e. The number of carbonyl (C=O) groups is 1. The van der Waals surface area contributed by atoms with E-state index in [0.29, 0.717) is 5.82 Å². The summed E-state index contributed by atoms with van der Waals surface area (Å²) in [7, 11) is 0. The number of amides is 1. The molecule has 0 bridgehead atoms. The van der Waals surface area contributed by atoms with Crippen molar-refractivity contribution >= 4 is 17.4 Å². The van der Waals surface area contributed by atoms with Crippen LogP contribution >= 0.6 is 0 Å². The SMILES string of the molecule is Cc1cn2cc(NC(=O)c3cnccn3)nc(C)c2n1. The molecule has 20 heavy (non-hydrogen) atoms. The Bertz CT molecular complexity index is 780. The Balaban J connectivity index is 1.93. The molecule has 0 spiro atoms. The summed E-state index contributed by atoms with van der Waals surface area (Å²) in [4.78, 5) is 28.5. The molecule has 3 aromatic rings. The van der Waals surface area contributed by atoms with Gasteiger partial charge in [-0.2, -0.15) is 0 Å². The average Bonchev–Trinajstić information content (AvgIpc) is 2.81. The highest BCUT2D eigenvalue weighted by atomic mass is 16.1. The number of fused-ring (bicyclic) bond motifs is 1. The highest BCUT2D eigenvalue weighted by molar-refractivity contribution is 6.02. The van der Waals surface area contributed by atoms with Gasteiger partial charge in [-0.15, -0.1) is 0 Å². The monoisotopic (exact) mass is 268 g/mol. The fraction of sp³-hybridized carbons (Fsp3) is 0.154. The number of hydrogen-bond donors (Lipinski definition) is 1. The molecule has 0 aromatic carbocycles. The van der Waals surface area contributed by atoms with Crippen molar-refractivity contribution in [3.63, 3.8) is 0 Å². The average molecular weight is 268 g/mol. The van der Waals surface area contributed by atoms with Gasteiger partial charge >= 0.3 is 0 Å². The molecule has 0 radical (unpaired) electrons. The van der Waals surface area contributed by atoms with Gasteiger partial charge in [0.2, 0.25) is 0 Å². The number of rotatable bonds is 2. The van der Waals surface area contributed by atoms with Crippen LogP contribution in [0.2, 0.25) is 0 Å². The maximum Gasteiger partial charge on any atom is 0.277 e. The van der Waals surface area contributed by atoms with Crippen molar-refractivity contribution in [1.82, 2.24) is 24.3 Å². The van der Waals surface area contributed by atoms with Gasteiger partial charge in [0.25, 0.3) is 5.91 Å². The van der Waals surface area contributed by atoms with Crippen LogP contribution in [-0.2, 0) is 0 Å². The molecule has 0 aliphatic carbocycles. The van der Waals surface area contributed by atoms with E-state index < -0.39 is 0 Å². The van der Waals surface area contributed by atoms with Gasteiger partial charge in [-0.25, -0.2) is 15.0 Å². The molecular weight excluding hydrogens is 256 g/mol. The van der Waals surface area contributed by atoms with Gasteiger partial charge in [0.15, 0.2) is 5.65 Å². The maximum atomic E-state index is 12.0. The topological polar surface area (TPSA) is 85.1 Å². The third kappa shape index (κ3) is 2.20. The molecule has 3 aromatic heterocycles. The van der Waals surface area contributed by atoms with E-state index in [9.17, 15) is 4.79 Å². The Morgan fingerprint density at radius 1 is 1.20 bits per heavy atom. The highest BCUT2D eigenvalue weighted by Gasteiger charge is 2.10. The normalized spacial score (nSPS) is 10.7. The number of nitrogens with zero attached hydrogens (tertiary/aromatic N) is 5. The lowest BCUT2D eigenvalue weighted by Crippen LogP contribution is -2.15. The van der Waals surface area contributed by atoms with E-state index in [0.717, 1.165) is 17.0 Å². The molecule has 3 heterocycles. The third-order valence-electron chi connectivity index (χ3n) is 2.76. The third-order valence-corrected chi connectivity index (χ3v) is 2.76. The molecule has 7 nitrogen and oxygen atoms in total. The minimum atomic E-state index is -0.346. The quantitative estimate of drug-likeness (QED) is 0.759. The van der Waals surface area contributed by atoms with Gasteiger partial charge in [-0.1, -0.05) is 0 Å². The van der Waals surface area contributed by atoms with Gasteiger partial charge in [0.05, 0.1) is 23.8 Å². The fourth-order valence-corrected chi connectivity index (χ4v) is 1.93. The molecule has 1 amide bonds. The van der Waals surface area contributed by atoms with Crippen molar-refractivity contribution in [1.29, 1.82) is 0 Å². The Labute approximate surface area is 114 Å². The first kappa shape index (κ1) is 12.2. The predicted octanol–water partition coefficient (Wildman–Crippen LogP) is 1.39. The highest BCUT2D eigenvalue weighted by Crippen LogP contribution is 2.13. The standard InChI is InChI=1S/C13H12N6O/c1-8-6-19-7-11(17-9(2)12(19)16-8)18-13(20)10-5-14-3-4-15-10/h3-7H,1-2H3,(H,18,20). The van der Waals surface area contributed by atoms with Gasteiger partial charge in [-0.3, -0.25) is 9.78 Å². The number of imidazole rings is 1. The van der Waals surface area contributed by atoms with Crippen LogP contribution in [0.25, 0.3) is 5.65 Å². The van der Waals surface area contributed by atoms with E-state index in [-0.39, 0.29) is 11.6 Å². The van der Waals surface area contributed by atoms with Crippen LogP contribution in [0.3, 0.4) is 0 Å². The summed E-state index contributed by atoms with van der Waals surface area (Å²) in [5.41, 5.74) is 2.66. The smallest absolute Gasteiger partial charge is 0.277 e. The van der Waals surface area contributed by atoms with Crippen LogP contribution in [0.5, 0.6) is 0 Å². The van der Waals surface area contributed by atoms with E-state index in [4.69, 9.17) is 0 Å². The van der Waals surface area contributed by atoms with E-state index in [1.165, 1.54) is 18.6 Å². The zero-order valence-electron chi connectivity index (χ0n) is 11.0. The Morgan fingerprint density at radius 2 is 2.05 bits per heavy atom. The molecule has 0 aliphatic rings. The van der Waals surface area contributed by atoms with Crippen molar-refractivity contribution in [3.05, 3.63) is 48.1 Å². The largest absolute Gasteiger partial charge is 0.304 e. The first-order valence-corrected chi connectivity index (χ1v) is 6.04. The summed E-state index contributed by atoms with van der Waals surface area (Å²) in [6, 6.07) is 0. The maximum absolute atomic E-state index is 12.0. The van der Waals surface area contributed by atoms with Crippen molar-refractivity contribution < 1.29 is 4.79 Å². The molecule has 0 saturated heterocycles. The molecule has 0 saturated carbocycles. The van der Waals surface area contributed by atoms with Crippen molar-refractivity contribution in [3.8, 4) is 0 Å². The molecule has 1 N–H and O–H groups in total. The van der Waals surface area contributed by atoms with E-state index >= 15 is 0 Å². The van der Waals surface area contributed by atoms with Crippen LogP contribution in [-0.4, -0.2) is 30.2 Å². The van der Waals surface area contributed by atoms with Crippen LogP contribution in [0.15, 0.2) is 31.0 Å². The summed E-state index contributed by atoms with van der Waals surface area (Å²) in [6.07, 6.45) is 7.98. The lowest BCUT2D eigenvalue weighted by molar-refractivity contribution is 0.102. The van der Waals surface area contributed by atoms with Gasteiger partial charge in [0, 0.05) is 18.6 Å². The summed E-state index contributed by atoms with van der Waals surface area (Å²) >= 11 is 0. The molecule has 100 valence electrons. The fourth-order valence-electron chi connectivity index (χ4n) is 1.93. The molecule has 0 unspecified atom stereocenters. The number of anilines is 1. The first-order valence-electron chi connectivity index (χ1n) is 6.04. The lowest BCUT2D eigenvalue weighted by atomic mass is 10.4. The Morgan fingerprint density at radius 3 is 2.80 bits per heavy atom. The van der Waals surface area contributed by atoms with Crippen molar-refractivity contribution in [2.75, 3.05) is 5.32 Å². The predicted molar refractivity (Wildman–Crippen MR) is 72.4 cm³/mol. The van der Waals surface area contributed by atoms with E-state index in [1.807, 2.05) is 24.4 Å². The molecule has 0 atom stereocenters. The molecule has 7 heteroatoms. The summed E-state index contributed by atoms with van der Waals surface area (Å²) in [6.45, 7) is 3.75. The first-order chi connectivity index (χ1) is 9.63. The number of aryl methyl sites for hydroxylation is 2. The number of aromatic nitrogens is 5. The van der Waals surface area contributed by atoms with Gasteiger partial charge in [-0.05, 0) is 13.8 Å².